The Bertz CT molecular complexity index is 506. The van der Waals surface area contributed by atoms with E-state index in [9.17, 15) is 4.79 Å². The minimum Gasteiger partial charge on any atom is -0.469 e. The molecule has 4 heteroatoms. The minimum atomic E-state index is -0.0272. The lowest BCUT2D eigenvalue weighted by molar-refractivity contribution is -0.116. The molecule has 0 atom stereocenters. The first-order valence-electron chi connectivity index (χ1n) is 5.89. The van der Waals surface area contributed by atoms with Gasteiger partial charge in [0, 0.05) is 25.1 Å². The first-order valence-corrected chi connectivity index (χ1v) is 5.89. The molecule has 0 radical (unpaired) electrons. The second kappa shape index (κ2) is 6.02. The van der Waals surface area contributed by atoms with E-state index < -0.39 is 0 Å². The summed E-state index contributed by atoms with van der Waals surface area (Å²) in [5, 5.41) is 2.84. The van der Waals surface area contributed by atoms with E-state index in [2.05, 4.69) is 5.32 Å². The van der Waals surface area contributed by atoms with Crippen molar-refractivity contribution in [1.82, 2.24) is 0 Å². The van der Waals surface area contributed by atoms with Crippen LogP contribution in [-0.4, -0.2) is 5.91 Å². The van der Waals surface area contributed by atoms with Crippen LogP contribution in [0.15, 0.2) is 47.1 Å². The molecule has 0 spiro atoms. The van der Waals surface area contributed by atoms with Crippen LogP contribution in [0.5, 0.6) is 0 Å². The average molecular weight is 244 g/mol. The van der Waals surface area contributed by atoms with E-state index >= 15 is 0 Å². The number of benzene rings is 1. The summed E-state index contributed by atoms with van der Waals surface area (Å²) in [5.41, 5.74) is 7.33. The van der Waals surface area contributed by atoms with E-state index in [1.807, 2.05) is 36.4 Å². The fraction of sp³-hybridized carbons (Fsp3) is 0.214. The number of carbonyl (C=O) groups is 1. The van der Waals surface area contributed by atoms with Gasteiger partial charge in [-0.15, -0.1) is 0 Å². The summed E-state index contributed by atoms with van der Waals surface area (Å²) in [4.78, 5) is 11.7. The van der Waals surface area contributed by atoms with Gasteiger partial charge in [-0.3, -0.25) is 4.79 Å². The molecule has 0 aliphatic rings. The number of nitrogens with one attached hydrogen (secondary N) is 1. The minimum absolute atomic E-state index is 0.0272. The van der Waals surface area contributed by atoms with Crippen molar-refractivity contribution in [2.75, 3.05) is 5.32 Å². The quantitative estimate of drug-likeness (QED) is 0.848. The Morgan fingerprint density at radius 1 is 1.28 bits per heavy atom. The fourth-order valence-electron chi connectivity index (χ4n) is 1.69. The highest BCUT2D eigenvalue weighted by atomic mass is 16.3. The van der Waals surface area contributed by atoms with Crippen molar-refractivity contribution in [1.29, 1.82) is 0 Å². The highest BCUT2D eigenvalue weighted by Crippen LogP contribution is 2.11. The molecule has 3 N–H and O–H groups in total. The normalized spacial score (nSPS) is 10.3. The Balaban J connectivity index is 1.86. The van der Waals surface area contributed by atoms with Crippen LogP contribution >= 0.6 is 0 Å². The van der Waals surface area contributed by atoms with Crippen molar-refractivity contribution < 1.29 is 9.21 Å². The Morgan fingerprint density at radius 3 is 2.89 bits per heavy atom. The van der Waals surface area contributed by atoms with Crippen molar-refractivity contribution in [3.05, 3.63) is 54.0 Å². The number of hydrogen-bond donors (Lipinski definition) is 2. The topological polar surface area (TPSA) is 68.3 Å². The van der Waals surface area contributed by atoms with Crippen LogP contribution in [-0.2, 0) is 17.8 Å². The molecule has 0 unspecified atom stereocenters. The maximum absolute atomic E-state index is 11.7. The summed E-state index contributed by atoms with van der Waals surface area (Å²) < 4.78 is 5.17. The van der Waals surface area contributed by atoms with Crippen molar-refractivity contribution in [3.8, 4) is 0 Å². The van der Waals surface area contributed by atoms with E-state index in [0.717, 1.165) is 17.0 Å². The van der Waals surface area contributed by atoms with Gasteiger partial charge in [-0.1, -0.05) is 12.1 Å². The molecule has 1 aromatic heterocycles. The molecule has 0 aliphatic heterocycles. The molecular weight excluding hydrogens is 228 g/mol. The van der Waals surface area contributed by atoms with Crippen LogP contribution in [0.2, 0.25) is 0 Å². The molecule has 1 amide bonds. The first-order chi connectivity index (χ1) is 8.78. The number of nitrogens with two attached hydrogens (primary N) is 1. The summed E-state index contributed by atoms with van der Waals surface area (Å²) in [5.74, 6) is 0.793. The van der Waals surface area contributed by atoms with Gasteiger partial charge >= 0.3 is 0 Å². The molecule has 4 nitrogen and oxygen atoms in total. The van der Waals surface area contributed by atoms with Crippen LogP contribution < -0.4 is 11.1 Å². The second-order valence-corrected chi connectivity index (χ2v) is 4.03. The zero-order valence-electron chi connectivity index (χ0n) is 10.1. The largest absolute Gasteiger partial charge is 0.469 e. The summed E-state index contributed by atoms with van der Waals surface area (Å²) in [6, 6.07) is 11.2. The van der Waals surface area contributed by atoms with Crippen molar-refractivity contribution in [3.63, 3.8) is 0 Å². The van der Waals surface area contributed by atoms with Crippen molar-refractivity contribution in [2.45, 2.75) is 19.4 Å². The summed E-state index contributed by atoms with van der Waals surface area (Å²) >= 11 is 0. The Kier molecular flexibility index (Phi) is 4.15. The summed E-state index contributed by atoms with van der Waals surface area (Å²) in [6.07, 6.45) is 2.62. The Labute approximate surface area is 106 Å². The standard InChI is InChI=1S/C14H16N2O2/c15-10-11-3-1-4-12(9-11)16-14(17)7-6-13-5-2-8-18-13/h1-5,8-9H,6-7,10,15H2,(H,16,17). The van der Waals surface area contributed by atoms with E-state index in [0.29, 0.717) is 19.4 Å². The third kappa shape index (κ3) is 3.46. The predicted molar refractivity (Wildman–Crippen MR) is 70.0 cm³/mol. The van der Waals surface area contributed by atoms with Gasteiger partial charge in [-0.2, -0.15) is 0 Å². The van der Waals surface area contributed by atoms with Crippen molar-refractivity contribution in [2.24, 2.45) is 5.73 Å². The summed E-state index contributed by atoms with van der Waals surface area (Å²) in [6.45, 7) is 0.468. The number of hydrogen-bond acceptors (Lipinski definition) is 3. The van der Waals surface area contributed by atoms with Gasteiger partial charge < -0.3 is 15.5 Å². The molecule has 0 bridgehead atoms. The van der Waals surface area contributed by atoms with Crippen LogP contribution in [0.25, 0.3) is 0 Å². The maximum atomic E-state index is 11.7. The second-order valence-electron chi connectivity index (χ2n) is 4.03. The monoisotopic (exact) mass is 244 g/mol. The lowest BCUT2D eigenvalue weighted by Crippen LogP contribution is -2.12. The SMILES string of the molecule is NCc1cccc(NC(=O)CCc2ccco2)c1. The van der Waals surface area contributed by atoms with Crippen molar-refractivity contribution >= 4 is 11.6 Å². The van der Waals surface area contributed by atoms with Gasteiger partial charge in [0.15, 0.2) is 0 Å². The molecule has 0 aliphatic carbocycles. The van der Waals surface area contributed by atoms with E-state index in [1.54, 1.807) is 6.26 Å². The number of furan rings is 1. The Morgan fingerprint density at radius 2 is 2.17 bits per heavy atom. The maximum Gasteiger partial charge on any atom is 0.224 e. The summed E-state index contributed by atoms with van der Waals surface area (Å²) in [7, 11) is 0. The number of aryl methyl sites for hydroxylation is 1. The molecule has 2 rings (SSSR count). The highest BCUT2D eigenvalue weighted by molar-refractivity contribution is 5.90. The molecule has 2 aromatic rings. The number of carbonyl (C=O) groups excluding carboxylic acids is 1. The fourth-order valence-corrected chi connectivity index (χ4v) is 1.69. The Hall–Kier alpha value is -2.07. The van der Waals surface area contributed by atoms with Crippen LogP contribution in [0.1, 0.15) is 17.7 Å². The van der Waals surface area contributed by atoms with Gasteiger partial charge in [0.1, 0.15) is 5.76 Å². The molecule has 94 valence electrons. The number of amides is 1. The predicted octanol–water partition coefficient (Wildman–Crippen LogP) is 2.31. The van der Waals surface area contributed by atoms with Gasteiger partial charge in [-0.25, -0.2) is 0 Å². The molecule has 0 saturated heterocycles. The van der Waals surface area contributed by atoms with Gasteiger partial charge in [0.25, 0.3) is 0 Å². The lowest BCUT2D eigenvalue weighted by atomic mass is 10.2. The van der Waals surface area contributed by atoms with Gasteiger partial charge in [-0.05, 0) is 29.8 Å². The zero-order valence-corrected chi connectivity index (χ0v) is 10.1. The highest BCUT2D eigenvalue weighted by Gasteiger charge is 2.04. The van der Waals surface area contributed by atoms with E-state index in [1.165, 1.54) is 0 Å². The zero-order chi connectivity index (χ0) is 12.8. The van der Waals surface area contributed by atoms with Crippen LogP contribution in [0, 0.1) is 0 Å². The van der Waals surface area contributed by atoms with E-state index in [-0.39, 0.29) is 5.91 Å². The first kappa shape index (κ1) is 12.4. The molecule has 0 fully saturated rings. The molecule has 1 heterocycles. The smallest absolute Gasteiger partial charge is 0.224 e. The molecule has 18 heavy (non-hydrogen) atoms. The average Bonchev–Trinajstić information content (AvgIpc) is 2.90. The molecule has 0 saturated carbocycles. The van der Waals surface area contributed by atoms with Crippen LogP contribution in [0.4, 0.5) is 5.69 Å². The third-order valence-electron chi connectivity index (χ3n) is 2.63. The lowest BCUT2D eigenvalue weighted by Gasteiger charge is -2.06. The van der Waals surface area contributed by atoms with Gasteiger partial charge in [0.05, 0.1) is 6.26 Å². The third-order valence-corrected chi connectivity index (χ3v) is 2.63. The van der Waals surface area contributed by atoms with E-state index in [4.69, 9.17) is 10.2 Å². The van der Waals surface area contributed by atoms with Crippen LogP contribution in [0.3, 0.4) is 0 Å². The van der Waals surface area contributed by atoms with Gasteiger partial charge in [0.2, 0.25) is 5.91 Å². The molecule has 1 aromatic carbocycles. The number of anilines is 1. The number of rotatable bonds is 5. The molecular formula is C14H16N2O2.